The molecule has 2 aromatic carbocycles. The lowest BCUT2D eigenvalue weighted by molar-refractivity contribution is -0.142. The Labute approximate surface area is 198 Å². The Morgan fingerprint density at radius 2 is 2.00 bits per heavy atom. The number of thioether (sulfide) groups is 1. The van der Waals surface area contributed by atoms with Crippen LogP contribution in [0.5, 0.6) is 0 Å². The van der Waals surface area contributed by atoms with Gasteiger partial charge in [0.15, 0.2) is 5.16 Å². The molecule has 0 spiro atoms. The molecule has 2 heterocycles. The molecule has 0 N–H and O–H groups in total. The largest absolute Gasteiger partial charge is 0.465 e. The molecule has 0 radical (unpaired) electrons. The van der Waals surface area contributed by atoms with Crippen LogP contribution < -0.4 is 5.63 Å². The smallest absolute Gasteiger partial charge is 0.345 e. The number of hydrogen-bond donors (Lipinski definition) is 0. The summed E-state index contributed by atoms with van der Waals surface area (Å²) in [5.41, 5.74) is 1.29. The number of imidazole rings is 1. The molecule has 0 aliphatic heterocycles. The predicted octanol–water partition coefficient (Wildman–Crippen LogP) is 6.00. The molecule has 1 atom stereocenters. The maximum Gasteiger partial charge on any atom is 0.345 e. The summed E-state index contributed by atoms with van der Waals surface area (Å²) >= 11 is 13.7. The van der Waals surface area contributed by atoms with Gasteiger partial charge >= 0.3 is 11.6 Å². The van der Waals surface area contributed by atoms with E-state index < -0.39 is 10.9 Å². The Morgan fingerprint density at radius 3 is 2.75 bits per heavy atom. The molecule has 0 saturated heterocycles. The molecule has 4 rings (SSSR count). The van der Waals surface area contributed by atoms with Crippen LogP contribution in [0.15, 0.2) is 69.1 Å². The maximum absolute atomic E-state index is 12.7. The predicted molar refractivity (Wildman–Crippen MR) is 127 cm³/mol. The number of ether oxygens (including phenoxy) is 1. The molecular weight excluding hydrogens is 471 g/mol. The van der Waals surface area contributed by atoms with Gasteiger partial charge in [0, 0.05) is 16.6 Å². The zero-order valence-electron chi connectivity index (χ0n) is 17.2. The van der Waals surface area contributed by atoms with E-state index in [1.54, 1.807) is 61.0 Å². The number of carbonyl (C=O) groups excluding carboxylic acids is 1. The molecule has 4 aromatic rings. The van der Waals surface area contributed by atoms with Crippen molar-refractivity contribution >= 4 is 51.9 Å². The van der Waals surface area contributed by atoms with Crippen molar-refractivity contribution in [3.8, 4) is 16.9 Å². The van der Waals surface area contributed by atoms with Crippen LogP contribution in [0, 0.1) is 0 Å². The van der Waals surface area contributed by atoms with E-state index in [4.69, 9.17) is 32.4 Å². The second-order valence-electron chi connectivity index (χ2n) is 6.87. The Bertz CT molecular complexity index is 1370. The van der Waals surface area contributed by atoms with E-state index in [2.05, 4.69) is 4.98 Å². The van der Waals surface area contributed by atoms with Gasteiger partial charge in [0.1, 0.15) is 10.8 Å². The van der Waals surface area contributed by atoms with Crippen molar-refractivity contribution < 1.29 is 13.9 Å². The molecule has 0 amide bonds. The number of hydrogen-bond acceptors (Lipinski definition) is 6. The summed E-state index contributed by atoms with van der Waals surface area (Å²) in [5, 5.41) is 1.61. The molecule has 9 heteroatoms. The van der Waals surface area contributed by atoms with E-state index >= 15 is 0 Å². The summed E-state index contributed by atoms with van der Waals surface area (Å²) in [6.07, 6.45) is 1.69. The molecule has 1 unspecified atom stereocenters. The van der Waals surface area contributed by atoms with Gasteiger partial charge < -0.3 is 9.15 Å². The second-order valence-corrected chi connectivity index (χ2v) is 9.02. The lowest BCUT2D eigenvalue weighted by atomic mass is 10.1. The molecule has 0 bridgehead atoms. The first-order chi connectivity index (χ1) is 15.4. The number of nitrogens with zero attached hydrogens (tertiary/aromatic N) is 2. The first-order valence-electron chi connectivity index (χ1n) is 9.78. The Balaban J connectivity index is 1.85. The van der Waals surface area contributed by atoms with Gasteiger partial charge in [0.2, 0.25) is 0 Å². The van der Waals surface area contributed by atoms with Gasteiger partial charge in [-0.15, -0.1) is 0 Å². The number of aromatic nitrogens is 2. The maximum atomic E-state index is 12.7. The number of halogens is 2. The first-order valence-corrected chi connectivity index (χ1v) is 11.4. The van der Waals surface area contributed by atoms with Gasteiger partial charge in [0.05, 0.1) is 28.6 Å². The van der Waals surface area contributed by atoms with E-state index in [-0.39, 0.29) is 12.6 Å². The summed E-state index contributed by atoms with van der Waals surface area (Å²) in [7, 11) is 0. The Kier molecular flexibility index (Phi) is 6.60. The van der Waals surface area contributed by atoms with Gasteiger partial charge in [0.25, 0.3) is 0 Å². The molecule has 0 aliphatic carbocycles. The standard InChI is InChI=1S/C23H18Cl2N2O4S/c1-3-30-21(28)13(2)32-23-26-18(12-27(23)19-9-8-15(24)11-17(19)25)16-10-14-6-4-5-7-20(14)31-22(16)29/h4-13H,3H2,1-2H3. The zero-order valence-corrected chi connectivity index (χ0v) is 19.5. The van der Waals surface area contributed by atoms with Gasteiger partial charge in [-0.2, -0.15) is 0 Å². The highest BCUT2D eigenvalue weighted by Gasteiger charge is 2.22. The quantitative estimate of drug-likeness (QED) is 0.188. The third-order valence-electron chi connectivity index (χ3n) is 4.66. The second kappa shape index (κ2) is 9.40. The van der Waals surface area contributed by atoms with Crippen molar-refractivity contribution in [1.29, 1.82) is 0 Å². The van der Waals surface area contributed by atoms with E-state index in [1.165, 1.54) is 11.8 Å². The first kappa shape index (κ1) is 22.5. The van der Waals surface area contributed by atoms with Crippen LogP contribution in [0.4, 0.5) is 0 Å². The third-order valence-corrected chi connectivity index (χ3v) is 6.24. The lowest BCUT2D eigenvalue weighted by Gasteiger charge is -2.12. The minimum Gasteiger partial charge on any atom is -0.465 e. The van der Waals surface area contributed by atoms with Gasteiger partial charge in [-0.3, -0.25) is 9.36 Å². The fraction of sp³-hybridized carbons (Fsp3) is 0.174. The van der Waals surface area contributed by atoms with Crippen LogP contribution in [0.3, 0.4) is 0 Å². The van der Waals surface area contributed by atoms with E-state index in [0.717, 1.165) is 5.39 Å². The normalized spacial score (nSPS) is 12.1. The fourth-order valence-electron chi connectivity index (χ4n) is 3.13. The molecule has 0 saturated carbocycles. The van der Waals surface area contributed by atoms with Crippen LogP contribution in [-0.4, -0.2) is 27.4 Å². The zero-order chi connectivity index (χ0) is 22.8. The molecule has 6 nitrogen and oxygen atoms in total. The summed E-state index contributed by atoms with van der Waals surface area (Å²) in [5.74, 6) is -0.360. The number of carbonyl (C=O) groups is 1. The molecule has 32 heavy (non-hydrogen) atoms. The molecule has 2 aromatic heterocycles. The van der Waals surface area contributed by atoms with Crippen molar-refractivity contribution in [1.82, 2.24) is 9.55 Å². The molecule has 0 fully saturated rings. The molecule has 164 valence electrons. The third kappa shape index (κ3) is 4.55. The topological polar surface area (TPSA) is 74.3 Å². The van der Waals surface area contributed by atoms with Gasteiger partial charge in [-0.25, -0.2) is 9.78 Å². The minimum atomic E-state index is -0.525. The van der Waals surface area contributed by atoms with Crippen molar-refractivity contribution in [3.05, 3.63) is 75.2 Å². The number of benzene rings is 2. The van der Waals surface area contributed by atoms with Gasteiger partial charge in [-0.05, 0) is 44.2 Å². The van der Waals surface area contributed by atoms with Crippen molar-refractivity contribution in [2.24, 2.45) is 0 Å². The van der Waals surface area contributed by atoms with Crippen LogP contribution in [0.2, 0.25) is 10.0 Å². The highest BCUT2D eigenvalue weighted by atomic mass is 35.5. The number of fused-ring (bicyclic) bond motifs is 1. The van der Waals surface area contributed by atoms with Crippen LogP contribution >= 0.6 is 35.0 Å². The SMILES string of the molecule is CCOC(=O)C(C)Sc1nc(-c2cc3ccccc3oc2=O)cn1-c1ccc(Cl)cc1Cl. The summed E-state index contributed by atoms with van der Waals surface area (Å²) in [6.45, 7) is 3.76. The van der Waals surface area contributed by atoms with Crippen molar-refractivity contribution in [3.63, 3.8) is 0 Å². The van der Waals surface area contributed by atoms with E-state index in [1.807, 2.05) is 12.1 Å². The summed E-state index contributed by atoms with van der Waals surface area (Å²) in [6, 6.07) is 14.1. The van der Waals surface area contributed by atoms with Crippen LogP contribution in [0.25, 0.3) is 27.9 Å². The summed E-state index contributed by atoms with van der Waals surface area (Å²) in [4.78, 5) is 29.5. The average molecular weight is 489 g/mol. The molecule has 0 aliphatic rings. The highest BCUT2D eigenvalue weighted by Crippen LogP contribution is 2.33. The van der Waals surface area contributed by atoms with Gasteiger partial charge in [-0.1, -0.05) is 53.2 Å². The van der Waals surface area contributed by atoms with E-state index in [0.29, 0.717) is 37.7 Å². The van der Waals surface area contributed by atoms with Crippen LogP contribution in [-0.2, 0) is 9.53 Å². The Morgan fingerprint density at radius 1 is 1.22 bits per heavy atom. The Hall–Kier alpha value is -2.74. The summed E-state index contributed by atoms with van der Waals surface area (Å²) < 4.78 is 12.3. The number of esters is 1. The average Bonchev–Trinajstić information content (AvgIpc) is 3.16. The van der Waals surface area contributed by atoms with E-state index in [9.17, 15) is 9.59 Å². The minimum absolute atomic E-state index is 0.282. The number of para-hydroxylation sites is 1. The van der Waals surface area contributed by atoms with Crippen molar-refractivity contribution in [2.45, 2.75) is 24.3 Å². The van der Waals surface area contributed by atoms with Crippen molar-refractivity contribution in [2.75, 3.05) is 6.61 Å². The number of rotatable bonds is 6. The highest BCUT2D eigenvalue weighted by molar-refractivity contribution is 8.00. The fourth-order valence-corrected chi connectivity index (χ4v) is 4.53. The molecular formula is C23H18Cl2N2O4S. The lowest BCUT2D eigenvalue weighted by Crippen LogP contribution is -2.17. The monoisotopic (exact) mass is 488 g/mol. The van der Waals surface area contributed by atoms with Crippen LogP contribution in [0.1, 0.15) is 13.8 Å².